The molecule has 0 unspecified atom stereocenters. The van der Waals surface area contributed by atoms with Crippen LogP contribution in [0.3, 0.4) is 0 Å². The number of carbonyl (C=O) groups excluding carboxylic acids is 1. The Bertz CT molecular complexity index is 548. The highest BCUT2D eigenvalue weighted by molar-refractivity contribution is 6.06. The highest BCUT2D eigenvalue weighted by Gasteiger charge is 2.20. The highest BCUT2D eigenvalue weighted by atomic mass is 16.6. The molecule has 94 valence electrons. The molecular weight excluding hydrogens is 226 g/mol. The summed E-state index contributed by atoms with van der Waals surface area (Å²) >= 11 is 0. The van der Waals surface area contributed by atoms with Crippen LogP contribution >= 0.6 is 0 Å². The number of ether oxygens (including phenoxy) is 1. The van der Waals surface area contributed by atoms with Gasteiger partial charge in [-0.25, -0.2) is 9.79 Å². The number of hydrogen-bond acceptors (Lipinski definition) is 3. The topological polar surface area (TPSA) is 38.7 Å². The average molecular weight is 243 g/mol. The van der Waals surface area contributed by atoms with Crippen LogP contribution < -0.4 is 0 Å². The summed E-state index contributed by atoms with van der Waals surface area (Å²) in [5, 5.41) is 0. The second-order valence-electron chi connectivity index (χ2n) is 5.43. The van der Waals surface area contributed by atoms with Crippen molar-refractivity contribution < 1.29 is 9.53 Å². The van der Waals surface area contributed by atoms with Crippen molar-refractivity contribution in [1.29, 1.82) is 0 Å². The van der Waals surface area contributed by atoms with Gasteiger partial charge in [-0.15, -0.1) is 0 Å². The molecule has 0 amide bonds. The van der Waals surface area contributed by atoms with E-state index in [9.17, 15) is 4.79 Å². The predicted molar refractivity (Wildman–Crippen MR) is 72.3 cm³/mol. The summed E-state index contributed by atoms with van der Waals surface area (Å²) in [4.78, 5) is 15.5. The Kier molecular flexibility index (Phi) is 3.07. The molecule has 1 aliphatic heterocycles. The second-order valence-corrected chi connectivity index (χ2v) is 5.43. The fourth-order valence-electron chi connectivity index (χ4n) is 1.77. The molecule has 3 heteroatoms. The van der Waals surface area contributed by atoms with E-state index in [1.54, 1.807) is 13.0 Å². The van der Waals surface area contributed by atoms with Gasteiger partial charge in [0.2, 0.25) is 0 Å². The van der Waals surface area contributed by atoms with Crippen LogP contribution in [-0.4, -0.2) is 11.9 Å². The first-order valence-corrected chi connectivity index (χ1v) is 5.96. The van der Waals surface area contributed by atoms with E-state index in [-0.39, 0.29) is 11.4 Å². The van der Waals surface area contributed by atoms with E-state index in [1.165, 1.54) is 5.56 Å². The molecule has 0 atom stereocenters. The van der Waals surface area contributed by atoms with E-state index in [0.717, 1.165) is 5.56 Å². The van der Waals surface area contributed by atoms with Gasteiger partial charge in [0.25, 0.3) is 0 Å². The molecule has 0 saturated carbocycles. The van der Waals surface area contributed by atoms with Crippen LogP contribution in [0.5, 0.6) is 0 Å². The third kappa shape index (κ3) is 2.67. The van der Waals surface area contributed by atoms with E-state index >= 15 is 0 Å². The quantitative estimate of drug-likeness (QED) is 0.560. The summed E-state index contributed by atoms with van der Waals surface area (Å²) in [5.41, 5.74) is 2.64. The third-order valence-electron chi connectivity index (χ3n) is 2.78. The lowest BCUT2D eigenvalue weighted by molar-refractivity contribution is -0.130. The number of carbonyl (C=O) groups is 1. The smallest absolute Gasteiger partial charge is 0.363 e. The van der Waals surface area contributed by atoms with Gasteiger partial charge >= 0.3 is 5.97 Å². The van der Waals surface area contributed by atoms with Gasteiger partial charge in [-0.3, -0.25) is 0 Å². The molecule has 1 aromatic carbocycles. The van der Waals surface area contributed by atoms with Crippen LogP contribution in [0.4, 0.5) is 0 Å². The molecule has 3 nitrogen and oxygen atoms in total. The summed E-state index contributed by atoms with van der Waals surface area (Å²) in [6, 6.07) is 8.11. The van der Waals surface area contributed by atoms with E-state index < -0.39 is 0 Å². The minimum absolute atomic E-state index is 0.0872. The van der Waals surface area contributed by atoms with Crippen LogP contribution in [0.25, 0.3) is 6.08 Å². The van der Waals surface area contributed by atoms with Crippen molar-refractivity contribution in [2.75, 3.05) is 0 Å². The van der Waals surface area contributed by atoms with Gasteiger partial charge in [-0.2, -0.15) is 0 Å². The minimum atomic E-state index is -0.381. The Morgan fingerprint density at radius 2 is 2.00 bits per heavy atom. The van der Waals surface area contributed by atoms with Gasteiger partial charge in [0.1, 0.15) is 0 Å². The van der Waals surface area contributed by atoms with Gasteiger partial charge in [-0.1, -0.05) is 45.0 Å². The normalized spacial score (nSPS) is 17.9. The van der Waals surface area contributed by atoms with Crippen molar-refractivity contribution in [3.8, 4) is 0 Å². The van der Waals surface area contributed by atoms with E-state index in [0.29, 0.717) is 11.6 Å². The van der Waals surface area contributed by atoms with Crippen LogP contribution in [0.2, 0.25) is 0 Å². The molecular formula is C15H17NO2. The first kappa shape index (κ1) is 12.6. The van der Waals surface area contributed by atoms with E-state index in [4.69, 9.17) is 4.74 Å². The number of rotatable bonds is 1. The Labute approximate surface area is 107 Å². The number of esters is 1. The molecule has 0 radical (unpaired) electrons. The largest absolute Gasteiger partial charge is 0.407 e. The molecule has 18 heavy (non-hydrogen) atoms. The lowest BCUT2D eigenvalue weighted by Crippen LogP contribution is -2.10. The summed E-state index contributed by atoms with van der Waals surface area (Å²) < 4.78 is 4.89. The maximum absolute atomic E-state index is 11.5. The summed E-state index contributed by atoms with van der Waals surface area (Å²) in [5.74, 6) is 0.0203. The SMILES string of the molecule is CC1=NC(=Cc2cccc(C(C)(C)C)c2)C(=O)O1. The summed E-state index contributed by atoms with van der Waals surface area (Å²) in [6.45, 7) is 8.15. The standard InChI is InChI=1S/C15H17NO2/c1-10-16-13(14(17)18-10)9-11-6-5-7-12(8-11)15(2,3)4/h5-9H,1-4H3. The zero-order chi connectivity index (χ0) is 13.3. The summed E-state index contributed by atoms with van der Waals surface area (Å²) in [7, 11) is 0. The lowest BCUT2D eigenvalue weighted by atomic mass is 9.86. The van der Waals surface area contributed by atoms with Crippen LogP contribution in [0.1, 0.15) is 38.8 Å². The lowest BCUT2D eigenvalue weighted by Gasteiger charge is -2.19. The molecule has 0 aliphatic carbocycles. The predicted octanol–water partition coefficient (Wildman–Crippen LogP) is 3.30. The van der Waals surface area contributed by atoms with Crippen LogP contribution in [0, 0.1) is 0 Å². The van der Waals surface area contributed by atoms with E-state index in [2.05, 4.69) is 37.9 Å². The van der Waals surface area contributed by atoms with Gasteiger partial charge in [0.15, 0.2) is 11.6 Å². The monoisotopic (exact) mass is 243 g/mol. The minimum Gasteiger partial charge on any atom is -0.407 e. The molecule has 1 aromatic rings. The molecule has 2 rings (SSSR count). The number of aliphatic imine (C=N–C) groups is 1. The van der Waals surface area contributed by atoms with Crippen molar-refractivity contribution in [3.05, 3.63) is 41.1 Å². The van der Waals surface area contributed by atoms with Gasteiger partial charge < -0.3 is 4.74 Å². The Hall–Kier alpha value is -1.90. The number of hydrogen-bond donors (Lipinski definition) is 0. The van der Waals surface area contributed by atoms with Crippen molar-refractivity contribution in [2.45, 2.75) is 33.1 Å². The van der Waals surface area contributed by atoms with E-state index in [1.807, 2.05) is 12.1 Å². The maximum Gasteiger partial charge on any atom is 0.363 e. The molecule has 0 fully saturated rings. The van der Waals surface area contributed by atoms with Gasteiger partial charge in [0, 0.05) is 6.92 Å². The summed E-state index contributed by atoms with van der Waals surface area (Å²) in [6.07, 6.45) is 1.76. The Balaban J connectivity index is 2.36. The first-order valence-electron chi connectivity index (χ1n) is 5.96. The molecule has 0 N–H and O–H groups in total. The van der Waals surface area contributed by atoms with Gasteiger partial charge in [0.05, 0.1) is 0 Å². The van der Waals surface area contributed by atoms with Crippen molar-refractivity contribution in [2.24, 2.45) is 4.99 Å². The fraction of sp³-hybridized carbons (Fsp3) is 0.333. The van der Waals surface area contributed by atoms with Crippen LogP contribution in [-0.2, 0) is 14.9 Å². The average Bonchev–Trinajstić information content (AvgIpc) is 2.56. The Morgan fingerprint density at radius 3 is 2.56 bits per heavy atom. The van der Waals surface area contributed by atoms with Gasteiger partial charge in [-0.05, 0) is 22.6 Å². The molecule has 1 aliphatic rings. The van der Waals surface area contributed by atoms with Crippen molar-refractivity contribution in [3.63, 3.8) is 0 Å². The zero-order valence-corrected chi connectivity index (χ0v) is 11.2. The molecule has 0 saturated heterocycles. The Morgan fingerprint density at radius 1 is 1.28 bits per heavy atom. The highest BCUT2D eigenvalue weighted by Crippen LogP contribution is 2.24. The zero-order valence-electron chi connectivity index (χ0n) is 11.2. The second kappa shape index (κ2) is 4.41. The third-order valence-corrected chi connectivity index (χ3v) is 2.78. The number of nitrogens with zero attached hydrogens (tertiary/aromatic N) is 1. The first-order chi connectivity index (χ1) is 8.36. The molecule has 0 spiro atoms. The fourth-order valence-corrected chi connectivity index (χ4v) is 1.77. The molecule has 0 bridgehead atoms. The molecule has 1 heterocycles. The van der Waals surface area contributed by atoms with Crippen molar-refractivity contribution in [1.82, 2.24) is 0 Å². The number of cyclic esters (lactones) is 1. The van der Waals surface area contributed by atoms with Crippen molar-refractivity contribution >= 4 is 17.9 Å². The number of benzene rings is 1. The maximum atomic E-state index is 11.5. The molecule has 0 aromatic heterocycles. The van der Waals surface area contributed by atoms with Crippen LogP contribution in [0.15, 0.2) is 35.0 Å².